The van der Waals surface area contributed by atoms with Gasteiger partial charge >= 0.3 is 0 Å². The molecule has 3 aliphatic rings. The molecule has 0 aromatic carbocycles. The molecule has 2 saturated heterocycles. The normalized spacial score (nSPS) is 34.1. The summed E-state index contributed by atoms with van der Waals surface area (Å²) in [7, 11) is 1.63. The fourth-order valence-corrected chi connectivity index (χ4v) is 3.42. The molecule has 0 radical (unpaired) electrons. The third-order valence-corrected chi connectivity index (χ3v) is 4.50. The van der Waals surface area contributed by atoms with Gasteiger partial charge in [-0.05, 0) is 25.1 Å². The number of amidine groups is 1. The smallest absolute Gasteiger partial charge is 0.291 e. The summed E-state index contributed by atoms with van der Waals surface area (Å²) in [6.45, 7) is 4.12. The molecule has 1 aromatic rings. The van der Waals surface area contributed by atoms with Gasteiger partial charge in [-0.3, -0.25) is 10.2 Å². The molecule has 3 atom stereocenters. The van der Waals surface area contributed by atoms with Crippen molar-refractivity contribution < 1.29 is 9.47 Å². The van der Waals surface area contributed by atoms with Crippen LogP contribution in [0.4, 0.5) is 5.82 Å². The van der Waals surface area contributed by atoms with Crippen LogP contribution in [0.25, 0.3) is 0 Å². The molecule has 2 fully saturated rings. The Labute approximate surface area is 117 Å². The van der Waals surface area contributed by atoms with Crippen molar-refractivity contribution in [2.24, 2.45) is 10.9 Å². The van der Waals surface area contributed by atoms with Gasteiger partial charge in [0.15, 0.2) is 0 Å². The van der Waals surface area contributed by atoms with E-state index in [-0.39, 0.29) is 5.60 Å². The van der Waals surface area contributed by atoms with Gasteiger partial charge in [-0.25, -0.2) is 9.98 Å². The van der Waals surface area contributed by atoms with Gasteiger partial charge in [-0.1, -0.05) is 0 Å². The highest BCUT2D eigenvalue weighted by Crippen LogP contribution is 2.41. The van der Waals surface area contributed by atoms with Gasteiger partial charge in [-0.15, -0.1) is 0 Å². The summed E-state index contributed by atoms with van der Waals surface area (Å²) in [5.41, 5.74) is -0.0902. The summed E-state index contributed by atoms with van der Waals surface area (Å²) < 4.78 is 11.2. The van der Waals surface area contributed by atoms with E-state index in [0.717, 1.165) is 31.2 Å². The third-order valence-electron chi connectivity index (χ3n) is 4.50. The molecule has 4 heterocycles. The van der Waals surface area contributed by atoms with E-state index in [1.807, 2.05) is 12.1 Å². The largest absolute Gasteiger partial charge is 0.495 e. The zero-order valence-electron chi connectivity index (χ0n) is 11.5. The van der Waals surface area contributed by atoms with Crippen molar-refractivity contribution in [1.82, 2.24) is 9.88 Å². The van der Waals surface area contributed by atoms with E-state index >= 15 is 0 Å². The van der Waals surface area contributed by atoms with E-state index in [9.17, 15) is 0 Å². The highest BCUT2D eigenvalue weighted by atomic mass is 16.5. The second-order valence-corrected chi connectivity index (χ2v) is 5.72. The van der Waals surface area contributed by atoms with Gasteiger partial charge in [0.2, 0.25) is 0 Å². The van der Waals surface area contributed by atoms with Crippen molar-refractivity contribution in [3.05, 3.63) is 18.3 Å². The van der Waals surface area contributed by atoms with E-state index in [1.165, 1.54) is 13.0 Å². The van der Waals surface area contributed by atoms with Gasteiger partial charge in [0.1, 0.15) is 17.2 Å². The Morgan fingerprint density at radius 2 is 2.45 bits per heavy atom. The Bertz CT molecular complexity index is 545. The highest BCUT2D eigenvalue weighted by molar-refractivity contribution is 5.89. The molecule has 0 amide bonds. The number of aliphatic imine (C=N–C) groups is 1. The molecular formula is C14H18N4O2. The first-order chi connectivity index (χ1) is 9.77. The minimum atomic E-state index is -0.0902. The molecule has 20 heavy (non-hydrogen) atoms. The number of hydrogen-bond donors (Lipinski definition) is 1. The molecule has 1 spiro atoms. The number of anilines is 1. The molecule has 2 bridgehead atoms. The minimum absolute atomic E-state index is 0.0902. The Morgan fingerprint density at radius 1 is 1.50 bits per heavy atom. The second-order valence-electron chi connectivity index (χ2n) is 5.72. The number of methoxy groups -OCH3 is 1. The second kappa shape index (κ2) is 4.34. The topological polar surface area (TPSA) is 59.0 Å². The lowest BCUT2D eigenvalue weighted by molar-refractivity contribution is 0.0364. The number of fused-ring (bicyclic) bond motifs is 3. The van der Waals surface area contributed by atoms with Crippen LogP contribution >= 0.6 is 0 Å². The lowest BCUT2D eigenvalue weighted by atomic mass is 9.88. The van der Waals surface area contributed by atoms with Crippen LogP contribution in [-0.2, 0) is 4.74 Å². The number of piperidine rings is 1. The van der Waals surface area contributed by atoms with Crippen LogP contribution < -0.4 is 10.1 Å². The van der Waals surface area contributed by atoms with Gasteiger partial charge in [0.25, 0.3) is 6.02 Å². The monoisotopic (exact) mass is 274 g/mol. The molecule has 3 unspecified atom stereocenters. The Hall–Kier alpha value is -1.82. The fraction of sp³-hybridized carbons (Fsp3) is 0.571. The van der Waals surface area contributed by atoms with Crippen LogP contribution in [0.2, 0.25) is 0 Å². The molecule has 3 aliphatic heterocycles. The molecule has 6 heteroatoms. The van der Waals surface area contributed by atoms with E-state index in [2.05, 4.69) is 20.2 Å². The maximum absolute atomic E-state index is 6.13. The first kappa shape index (κ1) is 12.0. The number of nitrogens with zero attached hydrogens (tertiary/aromatic N) is 3. The van der Waals surface area contributed by atoms with Gasteiger partial charge < -0.3 is 9.47 Å². The van der Waals surface area contributed by atoms with Crippen molar-refractivity contribution in [1.29, 1.82) is 0 Å². The Kier molecular flexibility index (Phi) is 2.60. The molecule has 0 aliphatic carbocycles. The van der Waals surface area contributed by atoms with Crippen molar-refractivity contribution >= 4 is 11.8 Å². The molecule has 106 valence electrons. The zero-order valence-corrected chi connectivity index (χ0v) is 11.5. The first-order valence-corrected chi connectivity index (χ1v) is 7.00. The van der Waals surface area contributed by atoms with E-state index in [0.29, 0.717) is 11.9 Å². The first-order valence-electron chi connectivity index (χ1n) is 7.00. The molecule has 0 saturated carbocycles. The van der Waals surface area contributed by atoms with Gasteiger partial charge in [-0.2, -0.15) is 0 Å². The summed E-state index contributed by atoms with van der Waals surface area (Å²) in [6.07, 6.45) is 2.90. The average molecular weight is 274 g/mol. The molecule has 1 N–H and O–H groups in total. The minimum Gasteiger partial charge on any atom is -0.495 e. The van der Waals surface area contributed by atoms with Crippen molar-refractivity contribution in [2.75, 3.05) is 38.6 Å². The summed E-state index contributed by atoms with van der Waals surface area (Å²) in [5, 5.41) is 3.15. The van der Waals surface area contributed by atoms with Crippen LogP contribution in [-0.4, -0.2) is 54.8 Å². The average Bonchev–Trinajstić information content (AvgIpc) is 3.16. The van der Waals surface area contributed by atoms with Crippen molar-refractivity contribution in [3.8, 4) is 5.75 Å². The standard InChI is InChI=1S/C14H18N4O2/c1-19-11-2-3-12(15-6-11)17-13-16-8-14(20-13)9-18-5-4-10(14)7-18/h2-3,6,10H,4-5,7-9H2,1H3,(H,15,16,17). The lowest BCUT2D eigenvalue weighted by Gasteiger charge is -2.32. The fourth-order valence-electron chi connectivity index (χ4n) is 3.42. The maximum Gasteiger partial charge on any atom is 0.291 e. The number of ether oxygens (including phenoxy) is 2. The lowest BCUT2D eigenvalue weighted by Crippen LogP contribution is -2.46. The van der Waals surface area contributed by atoms with Crippen LogP contribution in [0, 0.1) is 5.92 Å². The summed E-state index contributed by atoms with van der Waals surface area (Å²) in [5.74, 6) is 2.08. The number of pyridine rings is 1. The highest BCUT2D eigenvalue weighted by Gasteiger charge is 2.54. The Morgan fingerprint density at radius 3 is 3.10 bits per heavy atom. The predicted octanol–water partition coefficient (Wildman–Crippen LogP) is 0.963. The predicted molar refractivity (Wildman–Crippen MR) is 75.1 cm³/mol. The van der Waals surface area contributed by atoms with Crippen molar-refractivity contribution in [2.45, 2.75) is 12.0 Å². The van der Waals surface area contributed by atoms with E-state index in [4.69, 9.17) is 9.47 Å². The van der Waals surface area contributed by atoms with E-state index in [1.54, 1.807) is 13.3 Å². The molecule has 4 rings (SSSR count). The summed E-state index contributed by atoms with van der Waals surface area (Å²) in [6, 6.07) is 4.32. The Balaban J connectivity index is 1.43. The van der Waals surface area contributed by atoms with Gasteiger partial charge in [0.05, 0.1) is 19.9 Å². The zero-order chi connectivity index (χ0) is 13.6. The SMILES string of the molecule is COc1ccc(NC2=NCC3(CN4CCC3C4)O2)nc1. The van der Waals surface area contributed by atoms with Crippen LogP contribution in [0.3, 0.4) is 0 Å². The molecule has 6 nitrogen and oxygen atoms in total. The molecule has 1 aromatic heterocycles. The van der Waals surface area contributed by atoms with Crippen LogP contribution in [0.5, 0.6) is 5.75 Å². The number of nitrogens with one attached hydrogen (secondary N) is 1. The quantitative estimate of drug-likeness (QED) is 0.870. The maximum atomic E-state index is 6.13. The van der Waals surface area contributed by atoms with Crippen molar-refractivity contribution in [3.63, 3.8) is 0 Å². The summed E-state index contributed by atoms with van der Waals surface area (Å²) in [4.78, 5) is 11.2. The van der Waals surface area contributed by atoms with Crippen LogP contribution in [0.1, 0.15) is 6.42 Å². The number of aromatic nitrogens is 1. The van der Waals surface area contributed by atoms with Crippen LogP contribution in [0.15, 0.2) is 23.3 Å². The number of hydrogen-bond acceptors (Lipinski definition) is 6. The third kappa shape index (κ3) is 1.83. The number of rotatable bonds is 2. The summed E-state index contributed by atoms with van der Waals surface area (Å²) >= 11 is 0. The van der Waals surface area contributed by atoms with Gasteiger partial charge in [0, 0.05) is 19.0 Å². The van der Waals surface area contributed by atoms with E-state index < -0.39 is 0 Å². The molecular weight excluding hydrogens is 256 g/mol.